The van der Waals surface area contributed by atoms with E-state index in [2.05, 4.69) is 4.74 Å². The predicted molar refractivity (Wildman–Crippen MR) is 97.9 cm³/mol. The van der Waals surface area contributed by atoms with Gasteiger partial charge >= 0.3 is 6.36 Å². The van der Waals surface area contributed by atoms with Crippen LogP contribution in [0.5, 0.6) is 5.75 Å². The first-order valence-electron chi connectivity index (χ1n) is 9.17. The van der Waals surface area contributed by atoms with Gasteiger partial charge in [0.1, 0.15) is 5.75 Å². The number of alkyl halides is 3. The minimum Gasteiger partial charge on any atom is -0.406 e. The highest BCUT2D eigenvalue weighted by atomic mass is 19.4. The quantitative estimate of drug-likeness (QED) is 0.745. The molecule has 2 aromatic rings. The molecule has 1 amide bonds. The lowest BCUT2D eigenvalue weighted by atomic mass is 10.1. The average Bonchev–Trinajstić information content (AvgIpc) is 2.67. The number of ether oxygens (including phenoxy) is 2. The van der Waals surface area contributed by atoms with Crippen LogP contribution in [0.15, 0.2) is 54.6 Å². The summed E-state index contributed by atoms with van der Waals surface area (Å²) in [4.78, 5) is 14.3. The van der Waals surface area contributed by atoms with Crippen LogP contribution in [0.1, 0.15) is 17.5 Å². The fourth-order valence-corrected chi connectivity index (χ4v) is 3.21. The van der Waals surface area contributed by atoms with E-state index in [9.17, 15) is 18.0 Å². The van der Waals surface area contributed by atoms with Crippen LogP contribution >= 0.6 is 0 Å². The van der Waals surface area contributed by atoms with Gasteiger partial charge in [0.05, 0.1) is 12.7 Å². The molecule has 0 N–H and O–H groups in total. The number of carbonyl (C=O) groups is 1. The maximum Gasteiger partial charge on any atom is 0.573 e. The Morgan fingerprint density at radius 2 is 1.79 bits per heavy atom. The maximum atomic E-state index is 12.5. The summed E-state index contributed by atoms with van der Waals surface area (Å²) in [5.74, 6) is -0.239. The summed E-state index contributed by atoms with van der Waals surface area (Å²) in [5, 5.41) is 0. The molecule has 3 rings (SSSR count). The smallest absolute Gasteiger partial charge is 0.406 e. The summed E-state index contributed by atoms with van der Waals surface area (Å²) in [7, 11) is 0. The third kappa shape index (κ3) is 6.27. The van der Waals surface area contributed by atoms with Gasteiger partial charge in [-0.25, -0.2) is 0 Å². The number of morpholine rings is 1. The summed E-state index contributed by atoms with van der Waals surface area (Å²) >= 11 is 0. The number of carbonyl (C=O) groups excluding carboxylic acids is 1. The van der Waals surface area contributed by atoms with E-state index in [1.807, 2.05) is 30.3 Å². The molecule has 1 aliphatic heterocycles. The summed E-state index contributed by atoms with van der Waals surface area (Å²) in [6.45, 7) is 1.61. The minimum absolute atomic E-state index is 0.0250. The molecule has 0 unspecified atom stereocenters. The molecule has 0 saturated carbocycles. The Morgan fingerprint density at radius 1 is 1.07 bits per heavy atom. The fraction of sp³-hybridized carbons (Fsp3) is 0.381. The molecule has 0 radical (unpaired) electrons. The van der Waals surface area contributed by atoms with E-state index < -0.39 is 6.36 Å². The third-order valence-corrected chi connectivity index (χ3v) is 4.58. The lowest BCUT2D eigenvalue weighted by Gasteiger charge is -2.33. The Kier molecular flexibility index (Phi) is 6.57. The number of nitrogens with zero attached hydrogens (tertiary/aromatic N) is 1. The van der Waals surface area contributed by atoms with Gasteiger partial charge in [-0.1, -0.05) is 42.5 Å². The van der Waals surface area contributed by atoms with Crippen molar-refractivity contribution in [3.63, 3.8) is 0 Å². The van der Waals surface area contributed by atoms with Crippen LogP contribution in [0.3, 0.4) is 0 Å². The van der Waals surface area contributed by atoms with E-state index in [4.69, 9.17) is 4.74 Å². The third-order valence-electron chi connectivity index (χ3n) is 4.58. The molecule has 2 aromatic carbocycles. The van der Waals surface area contributed by atoms with E-state index in [1.54, 1.807) is 17.0 Å². The second kappa shape index (κ2) is 9.10. The van der Waals surface area contributed by atoms with Gasteiger partial charge in [0.2, 0.25) is 5.91 Å². The van der Waals surface area contributed by atoms with Crippen molar-refractivity contribution in [3.05, 3.63) is 65.7 Å². The van der Waals surface area contributed by atoms with E-state index in [0.29, 0.717) is 32.5 Å². The molecule has 0 aliphatic carbocycles. The van der Waals surface area contributed by atoms with Crippen molar-refractivity contribution in [1.82, 2.24) is 4.90 Å². The molecule has 1 saturated heterocycles. The fourth-order valence-electron chi connectivity index (χ4n) is 3.21. The van der Waals surface area contributed by atoms with Crippen LogP contribution in [0.2, 0.25) is 0 Å². The minimum atomic E-state index is -4.70. The van der Waals surface area contributed by atoms with E-state index in [1.165, 1.54) is 17.7 Å². The number of aryl methyl sites for hydroxylation is 1. The lowest BCUT2D eigenvalue weighted by molar-refractivity contribution is -0.274. The van der Waals surface area contributed by atoms with Crippen molar-refractivity contribution >= 4 is 5.91 Å². The summed E-state index contributed by atoms with van der Waals surface area (Å²) in [6.07, 6.45) is -3.21. The summed E-state index contributed by atoms with van der Waals surface area (Å²) in [6, 6.07) is 15.6. The molecule has 28 heavy (non-hydrogen) atoms. The van der Waals surface area contributed by atoms with Crippen LogP contribution in [-0.4, -0.2) is 43.0 Å². The Morgan fingerprint density at radius 3 is 2.46 bits per heavy atom. The van der Waals surface area contributed by atoms with Crippen molar-refractivity contribution in [3.8, 4) is 5.75 Å². The van der Waals surface area contributed by atoms with Crippen molar-refractivity contribution in [2.75, 3.05) is 19.7 Å². The van der Waals surface area contributed by atoms with E-state index in [0.717, 1.165) is 12.0 Å². The second-order valence-corrected chi connectivity index (χ2v) is 6.71. The first-order valence-corrected chi connectivity index (χ1v) is 9.17. The molecule has 1 heterocycles. The SMILES string of the molecule is O=C(CCc1ccc(OC(F)(F)F)cc1)N1CCO[C@@H](Cc2ccccc2)C1. The van der Waals surface area contributed by atoms with Crippen LogP contribution in [0.25, 0.3) is 0 Å². The Bertz CT molecular complexity index is 763. The molecule has 1 fully saturated rings. The number of rotatable bonds is 6. The zero-order valence-corrected chi connectivity index (χ0v) is 15.3. The Balaban J connectivity index is 1.47. The largest absolute Gasteiger partial charge is 0.573 e. The zero-order valence-electron chi connectivity index (χ0n) is 15.3. The normalized spacial score (nSPS) is 17.4. The lowest BCUT2D eigenvalue weighted by Crippen LogP contribution is -2.46. The van der Waals surface area contributed by atoms with Gasteiger partial charge in [-0.3, -0.25) is 4.79 Å². The molecule has 0 spiro atoms. The molecular weight excluding hydrogens is 371 g/mol. The molecule has 0 bridgehead atoms. The highest BCUT2D eigenvalue weighted by molar-refractivity contribution is 5.76. The second-order valence-electron chi connectivity index (χ2n) is 6.71. The number of hydrogen-bond acceptors (Lipinski definition) is 3. The monoisotopic (exact) mass is 393 g/mol. The molecule has 1 atom stereocenters. The Hall–Kier alpha value is -2.54. The van der Waals surface area contributed by atoms with Gasteiger partial charge in [0.25, 0.3) is 0 Å². The van der Waals surface area contributed by atoms with Crippen LogP contribution in [0.4, 0.5) is 13.2 Å². The average molecular weight is 393 g/mol. The van der Waals surface area contributed by atoms with Crippen LogP contribution in [0, 0.1) is 0 Å². The van der Waals surface area contributed by atoms with Gasteiger partial charge < -0.3 is 14.4 Å². The molecular formula is C21H22F3NO3. The predicted octanol–water partition coefficient (Wildman–Crippen LogP) is 3.99. The molecule has 4 nitrogen and oxygen atoms in total. The standard InChI is InChI=1S/C21H22F3NO3/c22-21(23,24)28-18-9-6-16(7-10-18)8-11-20(26)25-12-13-27-19(15-25)14-17-4-2-1-3-5-17/h1-7,9-10,19H,8,11-15H2/t19-/m0/s1. The first kappa shape index (κ1) is 20.2. The van der Waals surface area contributed by atoms with Crippen molar-refractivity contribution < 1.29 is 27.4 Å². The Labute approximate surface area is 161 Å². The van der Waals surface area contributed by atoms with Crippen molar-refractivity contribution in [1.29, 1.82) is 0 Å². The van der Waals surface area contributed by atoms with Gasteiger partial charge in [-0.15, -0.1) is 13.2 Å². The highest BCUT2D eigenvalue weighted by Crippen LogP contribution is 2.23. The van der Waals surface area contributed by atoms with Crippen LogP contribution < -0.4 is 4.74 Å². The van der Waals surface area contributed by atoms with Gasteiger partial charge in [-0.05, 0) is 29.7 Å². The number of halogens is 3. The van der Waals surface area contributed by atoms with Gasteiger partial charge in [-0.2, -0.15) is 0 Å². The zero-order chi connectivity index (χ0) is 20.0. The number of benzene rings is 2. The van der Waals surface area contributed by atoms with Crippen LogP contribution in [-0.2, 0) is 22.4 Å². The first-order chi connectivity index (χ1) is 13.4. The van der Waals surface area contributed by atoms with Crippen molar-refractivity contribution in [2.45, 2.75) is 31.7 Å². The molecule has 0 aromatic heterocycles. The molecule has 7 heteroatoms. The topological polar surface area (TPSA) is 38.8 Å². The number of amides is 1. The van der Waals surface area contributed by atoms with Gasteiger partial charge in [0.15, 0.2) is 0 Å². The maximum absolute atomic E-state index is 12.5. The summed E-state index contributed by atoms with van der Waals surface area (Å²) < 4.78 is 46.2. The summed E-state index contributed by atoms with van der Waals surface area (Å²) in [5.41, 5.74) is 1.96. The van der Waals surface area contributed by atoms with Gasteiger partial charge in [0, 0.05) is 25.9 Å². The van der Waals surface area contributed by atoms with Crippen molar-refractivity contribution in [2.24, 2.45) is 0 Å². The van der Waals surface area contributed by atoms with E-state index >= 15 is 0 Å². The van der Waals surface area contributed by atoms with E-state index in [-0.39, 0.29) is 17.8 Å². The molecule has 1 aliphatic rings. The molecule has 150 valence electrons. The highest BCUT2D eigenvalue weighted by Gasteiger charge is 2.31. The number of hydrogen-bond donors (Lipinski definition) is 0.